The summed E-state index contributed by atoms with van der Waals surface area (Å²) in [5.74, 6) is 2.33. The minimum atomic E-state index is -0.242. The highest BCUT2D eigenvalue weighted by Gasteiger charge is 2.12. The smallest absolute Gasteiger partial charge is 0.268 e. The number of carbonyl (C=O) groups is 1. The van der Waals surface area contributed by atoms with E-state index in [4.69, 9.17) is 12.2 Å². The number of fused-ring (bicyclic) bond motifs is 1. The van der Waals surface area contributed by atoms with E-state index in [1.54, 1.807) is 12.1 Å². The van der Waals surface area contributed by atoms with Crippen molar-refractivity contribution in [2.24, 2.45) is 0 Å². The van der Waals surface area contributed by atoms with Gasteiger partial charge < -0.3 is 16.0 Å². The second kappa shape index (κ2) is 4.84. The van der Waals surface area contributed by atoms with E-state index < -0.39 is 0 Å². The number of aromatic nitrogens is 1. The summed E-state index contributed by atoms with van der Waals surface area (Å²) in [6.07, 6.45) is 6.02. The van der Waals surface area contributed by atoms with Gasteiger partial charge in [-0.3, -0.25) is 4.79 Å². The van der Waals surface area contributed by atoms with Gasteiger partial charge in [-0.05, 0) is 30.7 Å². The number of carbonyl (C=O) groups excluding carboxylic acids is 1. The Balaban J connectivity index is 2.26. The third-order valence-corrected chi connectivity index (χ3v) is 2.80. The molecule has 92 valence electrons. The number of anilines is 1. The number of nitrogen functional groups attached to an aromatic ring is 1. The number of hydrogen-bond donors (Lipinski definition) is 3. The molecule has 1 aromatic heterocycles. The summed E-state index contributed by atoms with van der Waals surface area (Å²) in [5.41, 5.74) is 7.73. The average Bonchev–Trinajstić information content (AvgIpc) is 2.78. The van der Waals surface area contributed by atoms with Crippen molar-refractivity contribution < 1.29 is 4.79 Å². The predicted octanol–water partition coefficient (Wildman–Crippen LogP) is 1.89. The first-order chi connectivity index (χ1) is 8.63. The summed E-state index contributed by atoms with van der Waals surface area (Å²) in [5, 5.41) is 3.68. The molecule has 1 atom stereocenters. The summed E-state index contributed by atoms with van der Waals surface area (Å²) in [4.78, 5) is 15.0. The van der Waals surface area contributed by atoms with Gasteiger partial charge in [-0.15, -0.1) is 6.42 Å². The van der Waals surface area contributed by atoms with E-state index in [1.165, 1.54) is 0 Å². The fraction of sp³-hybridized carbons (Fsp3) is 0.214. The first-order valence-electron chi connectivity index (χ1n) is 5.79. The van der Waals surface area contributed by atoms with E-state index in [2.05, 4.69) is 16.2 Å². The van der Waals surface area contributed by atoms with Crippen molar-refractivity contribution in [1.82, 2.24) is 10.3 Å². The Labute approximate surface area is 106 Å². The van der Waals surface area contributed by atoms with Crippen molar-refractivity contribution in [1.29, 1.82) is 0 Å². The Morgan fingerprint density at radius 1 is 1.56 bits per heavy atom. The van der Waals surface area contributed by atoms with Crippen LogP contribution in [0.1, 0.15) is 23.8 Å². The normalized spacial score (nSPS) is 12.0. The van der Waals surface area contributed by atoms with Crippen LogP contribution in [-0.4, -0.2) is 16.9 Å². The van der Waals surface area contributed by atoms with Crippen molar-refractivity contribution in [3.63, 3.8) is 0 Å². The van der Waals surface area contributed by atoms with E-state index in [9.17, 15) is 4.79 Å². The number of amides is 1. The maximum absolute atomic E-state index is 12.0. The Morgan fingerprint density at radius 2 is 2.33 bits per heavy atom. The molecule has 1 unspecified atom stereocenters. The molecule has 0 radical (unpaired) electrons. The number of H-pyrrole nitrogens is 1. The number of terminal acetylenes is 1. The molecule has 4 N–H and O–H groups in total. The largest absolute Gasteiger partial charge is 0.399 e. The van der Waals surface area contributed by atoms with E-state index in [1.807, 2.05) is 19.1 Å². The van der Waals surface area contributed by atoms with E-state index in [-0.39, 0.29) is 11.9 Å². The van der Waals surface area contributed by atoms with E-state index >= 15 is 0 Å². The lowest BCUT2D eigenvalue weighted by Gasteiger charge is -2.08. The minimum Gasteiger partial charge on any atom is -0.399 e. The molecule has 2 rings (SSSR count). The van der Waals surface area contributed by atoms with Crippen molar-refractivity contribution in [3.05, 3.63) is 30.0 Å². The van der Waals surface area contributed by atoms with Crippen LogP contribution in [0.25, 0.3) is 10.9 Å². The van der Waals surface area contributed by atoms with Crippen molar-refractivity contribution in [2.45, 2.75) is 19.4 Å². The SMILES string of the molecule is C#CC(CC)NC(=O)c1cc2cc(N)ccc2[nH]1. The summed E-state index contributed by atoms with van der Waals surface area (Å²) < 4.78 is 0. The molecule has 4 heteroatoms. The summed E-state index contributed by atoms with van der Waals surface area (Å²) in [7, 11) is 0. The van der Waals surface area contributed by atoms with Gasteiger partial charge in [0.2, 0.25) is 0 Å². The summed E-state index contributed by atoms with van der Waals surface area (Å²) >= 11 is 0. The quantitative estimate of drug-likeness (QED) is 0.567. The van der Waals surface area contributed by atoms with Crippen molar-refractivity contribution in [2.75, 3.05) is 5.73 Å². The zero-order valence-corrected chi connectivity index (χ0v) is 10.2. The van der Waals surface area contributed by atoms with Gasteiger partial charge in [-0.1, -0.05) is 12.8 Å². The van der Waals surface area contributed by atoms with Gasteiger partial charge in [0.1, 0.15) is 5.69 Å². The Kier molecular flexibility index (Phi) is 3.24. The van der Waals surface area contributed by atoms with Gasteiger partial charge in [0.25, 0.3) is 5.91 Å². The van der Waals surface area contributed by atoms with Gasteiger partial charge in [-0.25, -0.2) is 0 Å². The minimum absolute atomic E-state index is 0.199. The molecule has 0 saturated carbocycles. The van der Waals surface area contributed by atoms with Crippen molar-refractivity contribution >= 4 is 22.5 Å². The molecular formula is C14H15N3O. The second-order valence-corrected chi connectivity index (χ2v) is 4.13. The maximum atomic E-state index is 12.0. The van der Waals surface area contributed by atoms with E-state index in [0.29, 0.717) is 17.8 Å². The van der Waals surface area contributed by atoms with Crippen molar-refractivity contribution in [3.8, 4) is 12.3 Å². The number of hydrogen-bond acceptors (Lipinski definition) is 2. The third kappa shape index (κ3) is 2.30. The van der Waals surface area contributed by atoms with Crippen LogP contribution in [0.4, 0.5) is 5.69 Å². The first kappa shape index (κ1) is 12.1. The molecule has 2 aromatic rings. The third-order valence-electron chi connectivity index (χ3n) is 2.80. The molecule has 0 aliphatic heterocycles. The standard InChI is InChI=1S/C14H15N3O/c1-3-11(4-2)16-14(18)13-8-9-7-10(15)5-6-12(9)17-13/h1,5-8,11,17H,4,15H2,2H3,(H,16,18). The molecule has 0 spiro atoms. The average molecular weight is 241 g/mol. The second-order valence-electron chi connectivity index (χ2n) is 4.13. The van der Waals surface area contributed by atoms with E-state index in [0.717, 1.165) is 10.9 Å². The fourth-order valence-electron chi connectivity index (χ4n) is 1.77. The lowest BCUT2D eigenvalue weighted by atomic mass is 10.2. The van der Waals surface area contributed by atoms with Crippen LogP contribution in [-0.2, 0) is 0 Å². The molecule has 0 saturated heterocycles. The molecule has 0 bridgehead atoms. The number of aromatic amines is 1. The number of rotatable bonds is 3. The lowest BCUT2D eigenvalue weighted by Crippen LogP contribution is -2.33. The Bertz CT molecular complexity index is 621. The highest BCUT2D eigenvalue weighted by Crippen LogP contribution is 2.18. The van der Waals surface area contributed by atoms with Gasteiger partial charge >= 0.3 is 0 Å². The molecule has 0 fully saturated rings. The molecule has 0 aliphatic carbocycles. The Hall–Kier alpha value is -2.41. The maximum Gasteiger partial charge on any atom is 0.268 e. The predicted molar refractivity (Wildman–Crippen MR) is 73.1 cm³/mol. The van der Waals surface area contributed by atoms with Crippen LogP contribution >= 0.6 is 0 Å². The first-order valence-corrected chi connectivity index (χ1v) is 5.79. The zero-order chi connectivity index (χ0) is 13.1. The molecular weight excluding hydrogens is 226 g/mol. The highest BCUT2D eigenvalue weighted by atomic mass is 16.1. The zero-order valence-electron chi connectivity index (χ0n) is 10.2. The van der Waals surface area contributed by atoms with Gasteiger partial charge in [0.15, 0.2) is 0 Å². The lowest BCUT2D eigenvalue weighted by molar-refractivity contribution is 0.0941. The summed E-state index contributed by atoms with van der Waals surface area (Å²) in [6, 6.07) is 6.98. The van der Waals surface area contributed by atoms with Crippen LogP contribution in [0.3, 0.4) is 0 Å². The van der Waals surface area contributed by atoms with Crippen LogP contribution in [0.2, 0.25) is 0 Å². The molecule has 18 heavy (non-hydrogen) atoms. The molecule has 1 aromatic carbocycles. The van der Waals surface area contributed by atoms with Gasteiger partial charge in [-0.2, -0.15) is 0 Å². The Morgan fingerprint density at radius 3 is 3.00 bits per heavy atom. The molecule has 0 aliphatic rings. The monoisotopic (exact) mass is 241 g/mol. The fourth-order valence-corrected chi connectivity index (χ4v) is 1.77. The number of nitrogens with one attached hydrogen (secondary N) is 2. The molecule has 1 heterocycles. The van der Waals surface area contributed by atoms with Crippen LogP contribution in [0, 0.1) is 12.3 Å². The van der Waals surface area contributed by atoms with Gasteiger partial charge in [0, 0.05) is 16.6 Å². The van der Waals surface area contributed by atoms with Crippen LogP contribution < -0.4 is 11.1 Å². The topological polar surface area (TPSA) is 70.9 Å². The van der Waals surface area contributed by atoms with Crippen LogP contribution in [0.5, 0.6) is 0 Å². The highest BCUT2D eigenvalue weighted by molar-refractivity contribution is 5.98. The number of nitrogens with two attached hydrogens (primary N) is 1. The number of benzene rings is 1. The molecule has 1 amide bonds. The molecule has 4 nitrogen and oxygen atoms in total. The van der Waals surface area contributed by atoms with Crippen LogP contribution in [0.15, 0.2) is 24.3 Å². The summed E-state index contributed by atoms with van der Waals surface area (Å²) in [6.45, 7) is 1.93. The van der Waals surface area contributed by atoms with Gasteiger partial charge in [0.05, 0.1) is 6.04 Å².